The van der Waals surface area contributed by atoms with Crippen molar-refractivity contribution < 1.29 is 26.6 Å². The third-order valence-corrected chi connectivity index (χ3v) is 4.68. The van der Waals surface area contributed by atoms with Crippen LogP contribution in [0.4, 0.5) is 27.7 Å². The third kappa shape index (κ3) is 5.59. The molecule has 31 heavy (non-hydrogen) atoms. The number of hydrogen-bond donors (Lipinski definition) is 0. The number of nitrogens with zero attached hydrogens (tertiary/aromatic N) is 4. The van der Waals surface area contributed by atoms with Gasteiger partial charge in [-0.1, -0.05) is 11.6 Å². The van der Waals surface area contributed by atoms with Crippen molar-refractivity contribution in [2.45, 2.75) is 32.5 Å². The van der Waals surface area contributed by atoms with Crippen molar-refractivity contribution in [3.05, 3.63) is 41.8 Å². The molecule has 0 saturated heterocycles. The summed E-state index contributed by atoms with van der Waals surface area (Å²) in [7, 11) is 0. The van der Waals surface area contributed by atoms with E-state index in [-0.39, 0.29) is 23.3 Å². The zero-order valence-electron chi connectivity index (χ0n) is 16.6. The second-order valence-electron chi connectivity index (χ2n) is 7.54. The van der Waals surface area contributed by atoms with Gasteiger partial charge in [-0.3, -0.25) is 8.87 Å². The second-order valence-corrected chi connectivity index (χ2v) is 8.43. The highest BCUT2D eigenvalue weighted by molar-refractivity contribution is 7.93. The fraction of sp³-hybridized carbons (Fsp3) is 0.316. The van der Waals surface area contributed by atoms with Crippen molar-refractivity contribution in [3.63, 3.8) is 0 Å². The highest BCUT2D eigenvalue weighted by Gasteiger charge is 2.36. The van der Waals surface area contributed by atoms with E-state index in [9.17, 15) is 21.9 Å². The fourth-order valence-corrected chi connectivity index (χ4v) is 3.41. The van der Waals surface area contributed by atoms with Crippen LogP contribution in [0.1, 0.15) is 20.8 Å². The number of pyridine rings is 2. The van der Waals surface area contributed by atoms with Gasteiger partial charge in [0.05, 0.1) is 11.2 Å². The molecule has 0 saturated carbocycles. The maximum Gasteiger partial charge on any atom is 0.416 e. The molecule has 0 aliphatic rings. The molecular weight excluding hydrogens is 460 g/mol. The molecule has 3 aromatic rings. The number of fused-ring (bicyclic) bond motifs is 1. The van der Waals surface area contributed by atoms with Crippen LogP contribution in [0.15, 0.2) is 36.7 Å². The van der Waals surface area contributed by atoms with Crippen LogP contribution in [0, 0.1) is 0 Å². The van der Waals surface area contributed by atoms with Crippen LogP contribution in [-0.2, 0) is 4.74 Å². The molecule has 0 unspecified atom stereocenters. The Labute approximate surface area is 184 Å². The summed E-state index contributed by atoms with van der Waals surface area (Å²) in [4.78, 5) is 20.7. The van der Waals surface area contributed by atoms with Crippen molar-refractivity contribution in [2.24, 2.45) is 0 Å². The Hall–Kier alpha value is -2.53. The number of alkyl halides is 3. The smallest absolute Gasteiger partial charge is 0.416 e. The molecule has 0 N–H and O–H groups in total. The van der Waals surface area contributed by atoms with Crippen molar-refractivity contribution in [3.8, 4) is 11.3 Å². The van der Waals surface area contributed by atoms with Crippen molar-refractivity contribution in [2.75, 3.05) is 11.4 Å². The minimum absolute atomic E-state index is 0.102. The van der Waals surface area contributed by atoms with E-state index in [0.717, 1.165) is 0 Å². The molecule has 3 rings (SSSR count). The molecule has 0 radical (unpaired) electrons. The monoisotopic (exact) mass is 476 g/mol. The van der Waals surface area contributed by atoms with Gasteiger partial charge in [0.15, 0.2) is 12.3 Å². The number of anilines is 1. The van der Waals surface area contributed by atoms with Crippen LogP contribution >= 0.6 is 23.9 Å². The number of amides is 1. The Morgan fingerprint density at radius 2 is 1.94 bits per heavy atom. The first-order valence-electron chi connectivity index (χ1n) is 8.88. The minimum Gasteiger partial charge on any atom is -0.443 e. The number of carbonyl (C=O) groups excluding carboxylic acids is 1. The third-order valence-electron chi connectivity index (χ3n) is 3.95. The highest BCUT2D eigenvalue weighted by atomic mass is 35.5. The van der Waals surface area contributed by atoms with Gasteiger partial charge < -0.3 is 4.74 Å². The minimum atomic E-state index is -4.69. The SMILES string of the molecule is CC(C)(C)OC(=O)N(CC(F)(F)F)c1cc(-c2cc3cnc(Cl)cc3n2SF)ccn1. The highest BCUT2D eigenvalue weighted by Crippen LogP contribution is 2.34. The van der Waals surface area contributed by atoms with E-state index in [1.165, 1.54) is 55.3 Å². The fourth-order valence-electron chi connectivity index (χ4n) is 2.79. The van der Waals surface area contributed by atoms with Crippen LogP contribution < -0.4 is 4.90 Å². The number of hydrogen-bond acceptors (Lipinski definition) is 5. The zero-order chi connectivity index (χ0) is 23.0. The first kappa shape index (κ1) is 23.1. The Morgan fingerprint density at radius 1 is 1.23 bits per heavy atom. The van der Waals surface area contributed by atoms with Crippen molar-refractivity contribution in [1.29, 1.82) is 0 Å². The van der Waals surface area contributed by atoms with Gasteiger partial charge in [0.25, 0.3) is 0 Å². The lowest BCUT2D eigenvalue weighted by Crippen LogP contribution is -2.42. The van der Waals surface area contributed by atoms with Crippen molar-refractivity contribution >= 4 is 46.7 Å². The predicted octanol–water partition coefficient (Wildman–Crippen LogP) is 6.44. The number of aromatic nitrogens is 3. The quantitative estimate of drug-likeness (QED) is 0.320. The van der Waals surface area contributed by atoms with Crippen LogP contribution in [0.2, 0.25) is 5.15 Å². The molecule has 0 aliphatic carbocycles. The van der Waals surface area contributed by atoms with Crippen molar-refractivity contribution in [1.82, 2.24) is 13.9 Å². The first-order valence-corrected chi connectivity index (χ1v) is 9.93. The molecular formula is C19H17ClF4N4O2S. The molecule has 3 heterocycles. The lowest BCUT2D eigenvalue weighted by atomic mass is 10.2. The molecule has 0 bridgehead atoms. The van der Waals surface area contributed by atoms with E-state index in [2.05, 4.69) is 9.97 Å². The maximum absolute atomic E-state index is 13.7. The van der Waals surface area contributed by atoms with E-state index < -0.39 is 24.4 Å². The Bertz CT molecular complexity index is 1110. The normalized spacial score (nSPS) is 12.3. The number of rotatable bonds is 4. The molecule has 0 aliphatic heterocycles. The van der Waals surface area contributed by atoms with E-state index in [4.69, 9.17) is 16.3 Å². The van der Waals surface area contributed by atoms with Gasteiger partial charge in [0, 0.05) is 29.4 Å². The average Bonchev–Trinajstić information content (AvgIpc) is 3.01. The molecule has 0 aromatic carbocycles. The van der Waals surface area contributed by atoms with Gasteiger partial charge in [0.2, 0.25) is 0 Å². The number of carbonyl (C=O) groups is 1. The second kappa shape index (κ2) is 8.54. The summed E-state index contributed by atoms with van der Waals surface area (Å²) in [6.45, 7) is 3.02. The van der Waals surface area contributed by atoms with Crippen LogP contribution in [0.3, 0.4) is 0 Å². The molecule has 0 fully saturated rings. The van der Waals surface area contributed by atoms with E-state index in [1.54, 1.807) is 6.07 Å². The first-order chi connectivity index (χ1) is 14.4. The van der Waals surface area contributed by atoms with E-state index >= 15 is 0 Å². The number of ether oxygens (including phenoxy) is 1. The summed E-state index contributed by atoms with van der Waals surface area (Å²) in [6, 6.07) is 5.81. The standard InChI is InChI=1S/C19H17ClF4N4O2S/c1-18(2,3)30-17(29)27(10-19(21,22)23)16-7-11(4-5-25-16)13-6-12-9-26-15(20)8-14(12)28(13)31-24/h4-9H,10H2,1-3H3. The molecule has 3 aromatic heterocycles. The largest absolute Gasteiger partial charge is 0.443 e. The zero-order valence-corrected chi connectivity index (χ0v) is 18.1. The molecule has 6 nitrogen and oxygen atoms in total. The number of halogens is 5. The summed E-state index contributed by atoms with van der Waals surface area (Å²) in [5, 5.41) is 0.728. The Balaban J connectivity index is 2.08. The Morgan fingerprint density at radius 3 is 2.55 bits per heavy atom. The van der Waals surface area contributed by atoms with Gasteiger partial charge in [-0.2, -0.15) is 13.2 Å². The maximum atomic E-state index is 13.7. The summed E-state index contributed by atoms with van der Waals surface area (Å²) >= 11 is 5.79. The Kier molecular flexibility index (Phi) is 6.38. The summed E-state index contributed by atoms with van der Waals surface area (Å²) in [6.07, 6.45) is -3.21. The average molecular weight is 477 g/mol. The summed E-state index contributed by atoms with van der Waals surface area (Å²) < 4.78 is 59.5. The van der Waals surface area contributed by atoms with Crippen LogP contribution in [0.25, 0.3) is 22.2 Å². The molecule has 0 spiro atoms. The molecule has 166 valence electrons. The van der Waals surface area contributed by atoms with Crippen LogP contribution in [0.5, 0.6) is 0 Å². The lowest BCUT2D eigenvalue weighted by molar-refractivity contribution is -0.119. The summed E-state index contributed by atoms with van der Waals surface area (Å²) in [5.74, 6) is -0.291. The van der Waals surface area contributed by atoms with Gasteiger partial charge in [0.1, 0.15) is 23.1 Å². The van der Waals surface area contributed by atoms with E-state index in [0.29, 0.717) is 27.1 Å². The lowest BCUT2D eigenvalue weighted by Gasteiger charge is -2.27. The molecule has 12 heteroatoms. The van der Waals surface area contributed by atoms with Gasteiger partial charge in [-0.05, 0) is 39.0 Å². The topological polar surface area (TPSA) is 60.2 Å². The van der Waals surface area contributed by atoms with Gasteiger partial charge in [-0.15, -0.1) is 3.89 Å². The summed E-state index contributed by atoms with van der Waals surface area (Å²) in [5.41, 5.74) is 0.0759. The van der Waals surface area contributed by atoms with E-state index in [1.807, 2.05) is 0 Å². The van der Waals surface area contributed by atoms with Gasteiger partial charge in [-0.25, -0.2) is 14.8 Å². The molecule has 1 amide bonds. The van der Waals surface area contributed by atoms with Gasteiger partial charge >= 0.3 is 12.3 Å². The predicted molar refractivity (Wildman–Crippen MR) is 112 cm³/mol. The van der Waals surface area contributed by atoms with Crippen LogP contribution in [-0.4, -0.2) is 38.4 Å². The molecule has 0 atom stereocenters.